The lowest BCUT2D eigenvalue weighted by molar-refractivity contribution is 0.627. The van der Waals surface area contributed by atoms with Crippen LogP contribution < -0.4 is 5.73 Å². The van der Waals surface area contributed by atoms with Crippen LogP contribution in [0.15, 0.2) is 53.7 Å². The Kier molecular flexibility index (Phi) is 3.90. The summed E-state index contributed by atoms with van der Waals surface area (Å²) in [6, 6.07) is 10.2. The summed E-state index contributed by atoms with van der Waals surface area (Å²) in [5.41, 5.74) is 11.5. The average Bonchev–Trinajstić information content (AvgIpc) is 3.12. The van der Waals surface area contributed by atoms with Crippen LogP contribution in [0.2, 0.25) is 0 Å². The van der Waals surface area contributed by atoms with Gasteiger partial charge in [0.25, 0.3) is 0 Å². The Morgan fingerprint density at radius 3 is 2.85 bits per heavy atom. The van der Waals surface area contributed by atoms with E-state index in [-0.39, 0.29) is 6.04 Å². The maximum absolute atomic E-state index is 6.32. The van der Waals surface area contributed by atoms with Gasteiger partial charge >= 0.3 is 0 Å². The Balaban J connectivity index is 1.75. The first-order valence-electron chi connectivity index (χ1n) is 6.49. The third kappa shape index (κ3) is 2.95. The number of nitrogens with two attached hydrogens (primary N) is 1. The van der Waals surface area contributed by atoms with Crippen molar-refractivity contribution in [1.29, 1.82) is 0 Å². The summed E-state index contributed by atoms with van der Waals surface area (Å²) in [6.07, 6.45) is 4.48. The van der Waals surface area contributed by atoms with Gasteiger partial charge in [0.05, 0.1) is 35.8 Å². The lowest BCUT2D eigenvalue weighted by Gasteiger charge is -2.14. The lowest BCUT2D eigenvalue weighted by Crippen LogP contribution is -2.18. The molecule has 1 aromatic carbocycles. The van der Waals surface area contributed by atoms with Crippen molar-refractivity contribution in [3.63, 3.8) is 0 Å². The number of hydrogen-bond donors (Lipinski definition) is 1. The van der Waals surface area contributed by atoms with Crippen LogP contribution >= 0.6 is 11.3 Å². The average molecular weight is 284 g/mol. The van der Waals surface area contributed by atoms with E-state index >= 15 is 0 Å². The number of imidazole rings is 1. The molecule has 0 unspecified atom stereocenters. The van der Waals surface area contributed by atoms with Crippen molar-refractivity contribution in [3.05, 3.63) is 70.7 Å². The highest BCUT2D eigenvalue weighted by atomic mass is 32.1. The molecular formula is C15H16N4S. The molecule has 5 heteroatoms. The summed E-state index contributed by atoms with van der Waals surface area (Å²) in [5.74, 6) is 0. The lowest BCUT2D eigenvalue weighted by atomic mass is 10.0. The summed E-state index contributed by atoms with van der Waals surface area (Å²) in [4.78, 5) is 8.53. The van der Waals surface area contributed by atoms with E-state index in [1.54, 1.807) is 11.3 Å². The molecular weight excluding hydrogens is 268 g/mol. The van der Waals surface area contributed by atoms with Gasteiger partial charge in [-0.25, -0.2) is 9.97 Å². The van der Waals surface area contributed by atoms with Gasteiger partial charge in [-0.2, -0.15) is 0 Å². The van der Waals surface area contributed by atoms with E-state index < -0.39 is 0 Å². The number of rotatable bonds is 5. The molecule has 0 bridgehead atoms. The van der Waals surface area contributed by atoms with E-state index in [1.165, 1.54) is 5.56 Å². The number of benzene rings is 1. The summed E-state index contributed by atoms with van der Waals surface area (Å²) < 4.78 is 2.07. The predicted octanol–water partition coefficient (Wildman–Crippen LogP) is 2.63. The number of aromatic nitrogens is 3. The normalized spacial score (nSPS) is 12.4. The molecule has 0 aliphatic heterocycles. The van der Waals surface area contributed by atoms with Crippen molar-refractivity contribution >= 4 is 11.3 Å². The van der Waals surface area contributed by atoms with Crippen LogP contribution in [0.5, 0.6) is 0 Å². The largest absolute Gasteiger partial charge is 0.327 e. The third-order valence-electron chi connectivity index (χ3n) is 3.24. The zero-order valence-corrected chi connectivity index (χ0v) is 11.8. The van der Waals surface area contributed by atoms with Gasteiger partial charge in [0.2, 0.25) is 0 Å². The van der Waals surface area contributed by atoms with Gasteiger partial charge in [0, 0.05) is 11.6 Å². The van der Waals surface area contributed by atoms with Crippen molar-refractivity contribution < 1.29 is 0 Å². The Bertz CT molecular complexity index is 646. The van der Waals surface area contributed by atoms with Crippen molar-refractivity contribution in [2.75, 3.05) is 0 Å². The minimum Gasteiger partial charge on any atom is -0.327 e. The van der Waals surface area contributed by atoms with Gasteiger partial charge in [-0.15, -0.1) is 11.3 Å². The minimum absolute atomic E-state index is 0.0569. The highest BCUT2D eigenvalue weighted by Gasteiger charge is 2.13. The smallest absolute Gasteiger partial charge is 0.0952 e. The standard InChI is InChI=1S/C15H16N4S/c16-14(6-12-4-2-1-3-5-12)15-7-17-10-19(15)8-13-9-20-11-18-13/h1-5,7,9-11,14H,6,8,16H2/t14-/m1/s1. The van der Waals surface area contributed by atoms with Gasteiger partial charge < -0.3 is 10.3 Å². The molecule has 0 spiro atoms. The number of nitrogens with zero attached hydrogens (tertiary/aromatic N) is 3. The van der Waals surface area contributed by atoms with Gasteiger partial charge in [0.1, 0.15) is 0 Å². The predicted molar refractivity (Wildman–Crippen MR) is 80.5 cm³/mol. The van der Waals surface area contributed by atoms with Gasteiger partial charge in [-0.05, 0) is 12.0 Å². The van der Waals surface area contributed by atoms with Crippen LogP contribution in [0.1, 0.15) is 23.0 Å². The molecule has 2 aromatic heterocycles. The van der Waals surface area contributed by atoms with Crippen LogP contribution in [0.25, 0.3) is 0 Å². The van der Waals surface area contributed by atoms with E-state index in [1.807, 2.05) is 41.6 Å². The summed E-state index contributed by atoms with van der Waals surface area (Å²) >= 11 is 1.60. The van der Waals surface area contributed by atoms with Crippen LogP contribution in [0.3, 0.4) is 0 Å². The molecule has 20 heavy (non-hydrogen) atoms. The molecule has 4 nitrogen and oxygen atoms in total. The van der Waals surface area contributed by atoms with Crippen LogP contribution in [-0.4, -0.2) is 14.5 Å². The zero-order valence-electron chi connectivity index (χ0n) is 11.0. The van der Waals surface area contributed by atoms with E-state index in [4.69, 9.17) is 5.73 Å². The summed E-state index contributed by atoms with van der Waals surface area (Å²) in [5, 5.41) is 2.05. The second-order valence-corrected chi connectivity index (χ2v) is 5.44. The van der Waals surface area contributed by atoms with Crippen molar-refractivity contribution in [1.82, 2.24) is 14.5 Å². The Morgan fingerprint density at radius 2 is 2.10 bits per heavy atom. The van der Waals surface area contributed by atoms with Crippen molar-refractivity contribution in [2.24, 2.45) is 5.73 Å². The fraction of sp³-hybridized carbons (Fsp3) is 0.200. The Morgan fingerprint density at radius 1 is 1.25 bits per heavy atom. The quantitative estimate of drug-likeness (QED) is 0.783. The van der Waals surface area contributed by atoms with E-state index in [9.17, 15) is 0 Å². The molecule has 0 aliphatic carbocycles. The highest BCUT2D eigenvalue weighted by molar-refractivity contribution is 7.07. The maximum atomic E-state index is 6.32. The van der Waals surface area contributed by atoms with Crippen molar-refractivity contribution in [3.8, 4) is 0 Å². The monoisotopic (exact) mass is 284 g/mol. The Hall–Kier alpha value is -1.98. The molecule has 0 saturated carbocycles. The molecule has 2 heterocycles. The van der Waals surface area contributed by atoms with Crippen LogP contribution in [0.4, 0.5) is 0 Å². The van der Waals surface area contributed by atoms with Gasteiger partial charge in [0.15, 0.2) is 0 Å². The fourth-order valence-electron chi connectivity index (χ4n) is 2.23. The van der Waals surface area contributed by atoms with E-state index in [0.29, 0.717) is 0 Å². The van der Waals surface area contributed by atoms with E-state index in [2.05, 4.69) is 26.7 Å². The number of thiazole rings is 1. The molecule has 0 radical (unpaired) electrons. The summed E-state index contributed by atoms with van der Waals surface area (Å²) in [7, 11) is 0. The summed E-state index contributed by atoms with van der Waals surface area (Å²) in [6.45, 7) is 0.724. The van der Waals surface area contributed by atoms with Gasteiger partial charge in [-0.3, -0.25) is 0 Å². The second-order valence-electron chi connectivity index (χ2n) is 4.72. The fourth-order valence-corrected chi connectivity index (χ4v) is 2.78. The Labute approximate surface area is 121 Å². The SMILES string of the molecule is N[C@H](Cc1ccccc1)c1cncn1Cc1cscn1. The first-order chi connectivity index (χ1) is 9.83. The first kappa shape index (κ1) is 13.0. The molecule has 0 fully saturated rings. The first-order valence-corrected chi connectivity index (χ1v) is 7.44. The molecule has 102 valence electrons. The molecule has 0 amide bonds. The minimum atomic E-state index is -0.0569. The van der Waals surface area contributed by atoms with Crippen LogP contribution in [-0.2, 0) is 13.0 Å². The highest BCUT2D eigenvalue weighted by Crippen LogP contribution is 2.17. The second kappa shape index (κ2) is 5.98. The topological polar surface area (TPSA) is 56.7 Å². The number of hydrogen-bond acceptors (Lipinski definition) is 4. The third-order valence-corrected chi connectivity index (χ3v) is 3.87. The molecule has 3 aromatic rings. The zero-order chi connectivity index (χ0) is 13.8. The maximum Gasteiger partial charge on any atom is 0.0952 e. The molecule has 0 saturated heterocycles. The van der Waals surface area contributed by atoms with Gasteiger partial charge in [-0.1, -0.05) is 30.3 Å². The molecule has 0 aliphatic rings. The molecule has 2 N–H and O–H groups in total. The van der Waals surface area contributed by atoms with Crippen LogP contribution in [0, 0.1) is 0 Å². The van der Waals surface area contributed by atoms with Crippen molar-refractivity contribution in [2.45, 2.75) is 19.0 Å². The van der Waals surface area contributed by atoms with E-state index in [0.717, 1.165) is 24.4 Å². The molecule has 1 atom stereocenters. The molecule has 3 rings (SSSR count).